The number of hydrogen-bond donors (Lipinski definition) is 1. The maximum atomic E-state index is 6.00. The number of aryl methyl sites for hydroxylation is 2. The lowest BCUT2D eigenvalue weighted by atomic mass is 10.0. The zero-order valence-corrected chi connectivity index (χ0v) is 15.0. The minimum absolute atomic E-state index is 0.0458. The third-order valence-electron chi connectivity index (χ3n) is 4.17. The largest absolute Gasteiger partial charge is 0.370 e. The van der Waals surface area contributed by atoms with Crippen LogP contribution in [0.4, 0.5) is 0 Å². The molecule has 1 aromatic heterocycles. The average Bonchev–Trinajstić information content (AvgIpc) is 3.04. The summed E-state index contributed by atoms with van der Waals surface area (Å²) in [6.07, 6.45) is 0.0458. The first-order valence-electron chi connectivity index (χ1n) is 8.67. The SMILES string of the molecule is CCNC(=NCc1nc(C)no1)N1CCOC(c2ccccc2C)C1. The molecule has 7 nitrogen and oxygen atoms in total. The maximum Gasteiger partial charge on any atom is 0.248 e. The van der Waals surface area contributed by atoms with Crippen LogP contribution in [-0.2, 0) is 11.3 Å². The van der Waals surface area contributed by atoms with E-state index in [2.05, 4.69) is 63.5 Å². The lowest BCUT2D eigenvalue weighted by Crippen LogP contribution is -2.48. The number of aromatic nitrogens is 2. The number of benzene rings is 1. The summed E-state index contributed by atoms with van der Waals surface area (Å²) < 4.78 is 11.2. The fourth-order valence-electron chi connectivity index (χ4n) is 2.95. The molecule has 1 atom stereocenters. The number of ether oxygens (including phenoxy) is 1. The Morgan fingerprint density at radius 3 is 2.92 bits per heavy atom. The van der Waals surface area contributed by atoms with Gasteiger partial charge in [-0.2, -0.15) is 4.98 Å². The monoisotopic (exact) mass is 343 g/mol. The molecule has 1 aliphatic rings. The van der Waals surface area contributed by atoms with Crippen molar-refractivity contribution in [1.29, 1.82) is 0 Å². The van der Waals surface area contributed by atoms with E-state index < -0.39 is 0 Å². The van der Waals surface area contributed by atoms with Gasteiger partial charge in [-0.3, -0.25) is 0 Å². The smallest absolute Gasteiger partial charge is 0.248 e. The van der Waals surface area contributed by atoms with Gasteiger partial charge in [0, 0.05) is 13.1 Å². The Morgan fingerprint density at radius 2 is 2.20 bits per heavy atom. The Morgan fingerprint density at radius 1 is 1.36 bits per heavy atom. The van der Waals surface area contributed by atoms with E-state index in [1.807, 2.05) is 0 Å². The molecule has 1 saturated heterocycles. The third-order valence-corrected chi connectivity index (χ3v) is 4.17. The van der Waals surface area contributed by atoms with Gasteiger partial charge in [0.25, 0.3) is 0 Å². The fourth-order valence-corrected chi connectivity index (χ4v) is 2.95. The molecule has 1 unspecified atom stereocenters. The first-order chi connectivity index (χ1) is 12.2. The van der Waals surface area contributed by atoms with Crippen molar-refractivity contribution in [3.8, 4) is 0 Å². The topological polar surface area (TPSA) is 75.8 Å². The molecule has 0 spiro atoms. The van der Waals surface area contributed by atoms with E-state index in [-0.39, 0.29) is 6.10 Å². The van der Waals surface area contributed by atoms with Gasteiger partial charge in [-0.25, -0.2) is 4.99 Å². The molecule has 1 aliphatic heterocycles. The molecule has 25 heavy (non-hydrogen) atoms. The van der Waals surface area contributed by atoms with Crippen molar-refractivity contribution in [2.45, 2.75) is 33.4 Å². The molecular formula is C18H25N5O2. The average molecular weight is 343 g/mol. The molecule has 134 valence electrons. The minimum Gasteiger partial charge on any atom is -0.370 e. The quantitative estimate of drug-likeness (QED) is 0.678. The molecule has 0 radical (unpaired) electrons. The number of guanidine groups is 1. The standard InChI is InChI=1S/C18H25N5O2/c1-4-19-18(20-11-17-21-14(3)22-25-17)23-9-10-24-16(12-23)15-8-6-5-7-13(15)2/h5-8,16H,4,9-12H2,1-3H3,(H,19,20). The summed E-state index contributed by atoms with van der Waals surface area (Å²) in [5.41, 5.74) is 2.48. The highest BCUT2D eigenvalue weighted by Crippen LogP contribution is 2.25. The molecule has 3 rings (SSSR count). The first-order valence-corrected chi connectivity index (χ1v) is 8.67. The zero-order chi connectivity index (χ0) is 17.6. The van der Waals surface area contributed by atoms with Crippen molar-refractivity contribution in [2.24, 2.45) is 4.99 Å². The maximum absolute atomic E-state index is 6.00. The number of nitrogens with zero attached hydrogens (tertiary/aromatic N) is 4. The molecule has 2 aromatic rings. The molecule has 0 saturated carbocycles. The Kier molecular flexibility index (Phi) is 5.65. The number of nitrogens with one attached hydrogen (secondary N) is 1. The number of rotatable bonds is 4. The van der Waals surface area contributed by atoms with Gasteiger partial charge in [-0.05, 0) is 31.9 Å². The van der Waals surface area contributed by atoms with Crippen LogP contribution in [0.2, 0.25) is 0 Å². The van der Waals surface area contributed by atoms with Crippen molar-refractivity contribution >= 4 is 5.96 Å². The van der Waals surface area contributed by atoms with E-state index >= 15 is 0 Å². The summed E-state index contributed by atoms with van der Waals surface area (Å²) >= 11 is 0. The predicted molar refractivity (Wildman–Crippen MR) is 95.3 cm³/mol. The second kappa shape index (κ2) is 8.11. The first kappa shape index (κ1) is 17.4. The summed E-state index contributed by atoms with van der Waals surface area (Å²) in [5.74, 6) is 2.00. The molecule has 1 aromatic carbocycles. The normalized spacial score (nSPS) is 18.4. The van der Waals surface area contributed by atoms with E-state index in [0.717, 1.165) is 25.6 Å². The van der Waals surface area contributed by atoms with Crippen LogP contribution >= 0.6 is 0 Å². The van der Waals surface area contributed by atoms with Gasteiger partial charge in [0.15, 0.2) is 11.8 Å². The van der Waals surface area contributed by atoms with Crippen molar-refractivity contribution < 1.29 is 9.26 Å². The molecular weight excluding hydrogens is 318 g/mol. The summed E-state index contributed by atoms with van der Waals surface area (Å²) in [4.78, 5) is 11.1. The van der Waals surface area contributed by atoms with Gasteiger partial charge < -0.3 is 19.5 Å². The van der Waals surface area contributed by atoms with E-state index in [1.165, 1.54) is 11.1 Å². The van der Waals surface area contributed by atoms with E-state index in [0.29, 0.717) is 24.9 Å². The van der Waals surface area contributed by atoms with Crippen molar-refractivity contribution in [2.75, 3.05) is 26.2 Å². The summed E-state index contributed by atoms with van der Waals surface area (Å²) in [7, 11) is 0. The second-order valence-corrected chi connectivity index (χ2v) is 6.07. The van der Waals surface area contributed by atoms with Gasteiger partial charge in [-0.15, -0.1) is 0 Å². The zero-order valence-electron chi connectivity index (χ0n) is 15.0. The summed E-state index contributed by atoms with van der Waals surface area (Å²) in [6, 6.07) is 8.36. The lowest BCUT2D eigenvalue weighted by molar-refractivity contribution is -0.00835. The van der Waals surface area contributed by atoms with Gasteiger partial charge in [0.05, 0.1) is 13.2 Å². The molecule has 1 fully saturated rings. The van der Waals surface area contributed by atoms with Gasteiger partial charge in [0.1, 0.15) is 12.6 Å². The second-order valence-electron chi connectivity index (χ2n) is 6.07. The highest BCUT2D eigenvalue weighted by atomic mass is 16.5. The van der Waals surface area contributed by atoms with Crippen molar-refractivity contribution in [3.63, 3.8) is 0 Å². The Balaban J connectivity index is 1.73. The lowest BCUT2D eigenvalue weighted by Gasteiger charge is -2.35. The van der Waals surface area contributed by atoms with Crippen molar-refractivity contribution in [3.05, 3.63) is 47.1 Å². The molecule has 0 amide bonds. The third kappa shape index (κ3) is 4.36. The van der Waals surface area contributed by atoms with Gasteiger partial charge >= 0.3 is 0 Å². The van der Waals surface area contributed by atoms with Crippen LogP contribution in [-0.4, -0.2) is 47.2 Å². The Labute approximate surface area is 148 Å². The molecule has 0 aliphatic carbocycles. The van der Waals surface area contributed by atoms with Crippen LogP contribution < -0.4 is 5.32 Å². The van der Waals surface area contributed by atoms with Crippen LogP contribution in [0.3, 0.4) is 0 Å². The van der Waals surface area contributed by atoms with Crippen LogP contribution in [0.1, 0.15) is 35.9 Å². The van der Waals surface area contributed by atoms with E-state index in [9.17, 15) is 0 Å². The van der Waals surface area contributed by atoms with Crippen LogP contribution in [0.15, 0.2) is 33.8 Å². The molecule has 2 heterocycles. The van der Waals surface area contributed by atoms with E-state index in [4.69, 9.17) is 9.26 Å². The fraction of sp³-hybridized carbons (Fsp3) is 0.500. The number of hydrogen-bond acceptors (Lipinski definition) is 5. The Hall–Kier alpha value is -2.41. The van der Waals surface area contributed by atoms with E-state index in [1.54, 1.807) is 6.92 Å². The summed E-state index contributed by atoms with van der Waals surface area (Å²) in [6.45, 7) is 9.39. The van der Waals surface area contributed by atoms with Crippen molar-refractivity contribution in [1.82, 2.24) is 20.4 Å². The number of morpholine rings is 1. The van der Waals surface area contributed by atoms with Crippen LogP contribution in [0.5, 0.6) is 0 Å². The summed E-state index contributed by atoms with van der Waals surface area (Å²) in [5, 5.41) is 7.15. The van der Waals surface area contributed by atoms with Crippen LogP contribution in [0, 0.1) is 13.8 Å². The van der Waals surface area contributed by atoms with Gasteiger partial charge in [0.2, 0.25) is 5.89 Å². The molecule has 1 N–H and O–H groups in total. The minimum atomic E-state index is 0.0458. The highest BCUT2D eigenvalue weighted by Gasteiger charge is 2.25. The van der Waals surface area contributed by atoms with Crippen LogP contribution in [0.25, 0.3) is 0 Å². The number of aliphatic imine (C=N–C) groups is 1. The molecule has 7 heteroatoms. The molecule has 0 bridgehead atoms. The highest BCUT2D eigenvalue weighted by molar-refractivity contribution is 5.80. The predicted octanol–water partition coefficient (Wildman–Crippen LogP) is 2.23. The Bertz CT molecular complexity index is 728. The van der Waals surface area contributed by atoms with Gasteiger partial charge in [-0.1, -0.05) is 29.4 Å².